The molecule has 0 radical (unpaired) electrons. The Morgan fingerprint density at radius 2 is 2.06 bits per heavy atom. The molecule has 0 amide bonds. The van der Waals surface area contributed by atoms with Crippen molar-refractivity contribution >= 4 is 10.9 Å². The third-order valence-electron chi connectivity index (χ3n) is 2.49. The maximum absolute atomic E-state index is 13.6. The van der Waals surface area contributed by atoms with E-state index in [1.165, 1.54) is 12.1 Å². The van der Waals surface area contributed by atoms with Gasteiger partial charge in [0.2, 0.25) is 0 Å². The largest absolute Gasteiger partial charge is 0.330 e. The molecule has 0 aliphatic heterocycles. The first-order chi connectivity index (χ1) is 7.63. The summed E-state index contributed by atoms with van der Waals surface area (Å²) in [6, 6.07) is 8.12. The summed E-state index contributed by atoms with van der Waals surface area (Å²) in [5.41, 5.74) is 5.73. The first-order valence-corrected chi connectivity index (χ1v) is 5.06. The van der Waals surface area contributed by atoms with Crippen molar-refractivity contribution in [2.45, 2.75) is 12.3 Å². The smallest absolute Gasteiger partial charge is 0.274 e. The molecule has 84 valence electrons. The summed E-state index contributed by atoms with van der Waals surface area (Å²) < 4.78 is 27.2. The van der Waals surface area contributed by atoms with E-state index in [0.29, 0.717) is 5.52 Å². The summed E-state index contributed by atoms with van der Waals surface area (Å²) in [4.78, 5) is 4.05. The molecule has 4 heteroatoms. The Labute approximate surface area is 92.1 Å². The van der Waals surface area contributed by atoms with E-state index in [2.05, 4.69) is 4.98 Å². The number of alkyl halides is 2. The highest BCUT2D eigenvalue weighted by Crippen LogP contribution is 2.32. The highest BCUT2D eigenvalue weighted by atomic mass is 19.3. The number of nitrogens with two attached hydrogens (primary N) is 1. The highest BCUT2D eigenvalue weighted by Gasteiger charge is 2.30. The number of hydrogen-bond acceptors (Lipinski definition) is 2. The van der Waals surface area contributed by atoms with Gasteiger partial charge in [-0.25, -0.2) is 8.78 Å². The lowest BCUT2D eigenvalue weighted by molar-refractivity contribution is -0.0106. The lowest BCUT2D eigenvalue weighted by Crippen LogP contribution is -2.18. The molecule has 2 N–H and O–H groups in total. The van der Waals surface area contributed by atoms with Gasteiger partial charge in [-0.1, -0.05) is 18.2 Å². The molecule has 0 saturated heterocycles. The van der Waals surface area contributed by atoms with Gasteiger partial charge in [0, 0.05) is 23.6 Å². The van der Waals surface area contributed by atoms with Gasteiger partial charge >= 0.3 is 0 Å². The van der Waals surface area contributed by atoms with Gasteiger partial charge in [-0.3, -0.25) is 4.98 Å². The number of hydrogen-bond donors (Lipinski definition) is 1. The van der Waals surface area contributed by atoms with E-state index < -0.39 is 5.92 Å². The van der Waals surface area contributed by atoms with E-state index >= 15 is 0 Å². The van der Waals surface area contributed by atoms with Crippen molar-refractivity contribution in [3.8, 4) is 0 Å². The Balaban J connectivity index is 2.46. The topological polar surface area (TPSA) is 38.9 Å². The summed E-state index contributed by atoms with van der Waals surface area (Å²) in [5, 5.41) is 0.856. The first kappa shape index (κ1) is 11.0. The van der Waals surface area contributed by atoms with E-state index in [9.17, 15) is 8.78 Å². The summed E-state index contributed by atoms with van der Waals surface area (Å²) in [6.45, 7) is -0.0345. The van der Waals surface area contributed by atoms with Crippen molar-refractivity contribution in [2.24, 2.45) is 5.73 Å². The van der Waals surface area contributed by atoms with Crippen LogP contribution >= 0.6 is 0 Å². The van der Waals surface area contributed by atoms with Gasteiger partial charge in [0.1, 0.15) is 0 Å². The molecule has 0 bridgehead atoms. The maximum Gasteiger partial charge on any atom is 0.274 e. The van der Waals surface area contributed by atoms with E-state index in [4.69, 9.17) is 5.73 Å². The molecule has 2 aromatic rings. The molecule has 2 rings (SSSR count). The van der Waals surface area contributed by atoms with Gasteiger partial charge in [-0.15, -0.1) is 0 Å². The summed E-state index contributed by atoms with van der Waals surface area (Å²) >= 11 is 0. The van der Waals surface area contributed by atoms with Gasteiger partial charge in [0.25, 0.3) is 5.92 Å². The van der Waals surface area contributed by atoms with E-state index in [1.807, 2.05) is 6.07 Å². The van der Waals surface area contributed by atoms with Crippen LogP contribution in [0, 0.1) is 0 Å². The zero-order valence-electron chi connectivity index (χ0n) is 8.66. The van der Waals surface area contributed by atoms with E-state index in [1.54, 1.807) is 18.3 Å². The Kier molecular flexibility index (Phi) is 2.83. The number of benzene rings is 1. The van der Waals surface area contributed by atoms with Crippen LogP contribution in [0.15, 0.2) is 36.5 Å². The fourth-order valence-electron chi connectivity index (χ4n) is 1.62. The van der Waals surface area contributed by atoms with Crippen LogP contribution in [0.4, 0.5) is 8.78 Å². The molecule has 2 nitrogen and oxygen atoms in total. The van der Waals surface area contributed by atoms with Crippen molar-refractivity contribution in [3.63, 3.8) is 0 Å². The van der Waals surface area contributed by atoms with Crippen LogP contribution in [0.1, 0.15) is 12.0 Å². The van der Waals surface area contributed by atoms with E-state index in [-0.39, 0.29) is 18.5 Å². The Hall–Kier alpha value is -1.55. The lowest BCUT2D eigenvalue weighted by atomic mass is 10.0. The standard InChI is InChI=1S/C12H12F2N2/c13-12(14,5-6-15)10-4-3-9-2-1-7-16-11(9)8-10/h1-4,7-8H,5-6,15H2. The quantitative estimate of drug-likeness (QED) is 0.867. The average molecular weight is 222 g/mol. The average Bonchev–Trinajstić information content (AvgIpc) is 2.28. The Morgan fingerprint density at radius 3 is 2.81 bits per heavy atom. The number of fused-ring (bicyclic) bond motifs is 1. The van der Waals surface area contributed by atoms with Crippen molar-refractivity contribution in [1.82, 2.24) is 4.98 Å². The second kappa shape index (κ2) is 4.14. The van der Waals surface area contributed by atoms with Gasteiger partial charge < -0.3 is 5.73 Å². The molecule has 0 atom stereocenters. The molecule has 1 aromatic carbocycles. The predicted molar refractivity (Wildman–Crippen MR) is 59.3 cm³/mol. The zero-order chi connectivity index (χ0) is 11.6. The van der Waals surface area contributed by atoms with Crippen LogP contribution in [0.5, 0.6) is 0 Å². The van der Waals surface area contributed by atoms with Gasteiger partial charge in [0.05, 0.1) is 5.52 Å². The van der Waals surface area contributed by atoms with Crippen LogP contribution in [0.25, 0.3) is 10.9 Å². The molecule has 1 heterocycles. The maximum atomic E-state index is 13.6. The van der Waals surface area contributed by atoms with Crippen LogP contribution in [0.2, 0.25) is 0 Å². The minimum absolute atomic E-state index is 0.0239. The normalized spacial score (nSPS) is 11.9. The van der Waals surface area contributed by atoms with Crippen molar-refractivity contribution in [1.29, 1.82) is 0 Å². The lowest BCUT2D eigenvalue weighted by Gasteiger charge is -2.15. The first-order valence-electron chi connectivity index (χ1n) is 5.06. The highest BCUT2D eigenvalue weighted by molar-refractivity contribution is 5.79. The van der Waals surface area contributed by atoms with Crippen molar-refractivity contribution < 1.29 is 8.78 Å². The molecule has 0 aliphatic carbocycles. The molecule has 0 aliphatic rings. The Morgan fingerprint density at radius 1 is 1.25 bits per heavy atom. The van der Waals surface area contributed by atoms with E-state index in [0.717, 1.165) is 5.39 Å². The summed E-state index contributed by atoms with van der Waals surface area (Å²) in [6.07, 6.45) is 1.25. The fourth-order valence-corrected chi connectivity index (χ4v) is 1.62. The molecule has 0 saturated carbocycles. The molecule has 0 spiro atoms. The third kappa shape index (κ3) is 2.02. The number of halogens is 2. The molecule has 1 aromatic heterocycles. The third-order valence-corrected chi connectivity index (χ3v) is 2.49. The van der Waals surface area contributed by atoms with Gasteiger partial charge in [-0.2, -0.15) is 0 Å². The monoisotopic (exact) mass is 222 g/mol. The minimum Gasteiger partial charge on any atom is -0.330 e. The van der Waals surface area contributed by atoms with Crippen molar-refractivity contribution in [2.75, 3.05) is 6.54 Å². The van der Waals surface area contributed by atoms with Gasteiger partial charge in [0.15, 0.2) is 0 Å². The second-order valence-electron chi connectivity index (χ2n) is 3.65. The van der Waals surface area contributed by atoms with Crippen LogP contribution in [-0.2, 0) is 5.92 Å². The van der Waals surface area contributed by atoms with Crippen LogP contribution < -0.4 is 5.73 Å². The minimum atomic E-state index is -2.87. The number of nitrogens with zero attached hydrogens (tertiary/aromatic N) is 1. The summed E-state index contributed by atoms with van der Waals surface area (Å²) in [7, 11) is 0. The SMILES string of the molecule is NCCC(F)(F)c1ccc2cccnc2c1. The molecule has 0 fully saturated rings. The molecular formula is C12H12F2N2. The number of aromatic nitrogens is 1. The van der Waals surface area contributed by atoms with Crippen LogP contribution in [0.3, 0.4) is 0 Å². The number of rotatable bonds is 3. The van der Waals surface area contributed by atoms with Gasteiger partial charge in [-0.05, 0) is 18.7 Å². The van der Waals surface area contributed by atoms with Crippen molar-refractivity contribution in [3.05, 3.63) is 42.1 Å². The zero-order valence-corrected chi connectivity index (χ0v) is 8.66. The van der Waals surface area contributed by atoms with Crippen LogP contribution in [-0.4, -0.2) is 11.5 Å². The Bertz CT molecular complexity index is 497. The summed E-state index contributed by atoms with van der Waals surface area (Å²) in [5.74, 6) is -2.87. The molecule has 0 unspecified atom stereocenters. The fraction of sp³-hybridized carbons (Fsp3) is 0.250. The molecule has 16 heavy (non-hydrogen) atoms. The number of pyridine rings is 1. The predicted octanol–water partition coefficient (Wildman–Crippen LogP) is 2.68. The molecular weight excluding hydrogens is 210 g/mol. The second-order valence-corrected chi connectivity index (χ2v) is 3.65.